The van der Waals surface area contributed by atoms with Crippen molar-refractivity contribution in [1.82, 2.24) is 4.98 Å². The van der Waals surface area contributed by atoms with Crippen molar-refractivity contribution in [2.75, 3.05) is 0 Å². The van der Waals surface area contributed by atoms with Gasteiger partial charge < -0.3 is 4.42 Å². The molecule has 2 aromatic heterocycles. The summed E-state index contributed by atoms with van der Waals surface area (Å²) < 4.78 is 6.45. The topological polar surface area (TPSA) is 26.0 Å². The zero-order valence-corrected chi connectivity index (χ0v) is 28.9. The van der Waals surface area contributed by atoms with E-state index >= 15 is 0 Å². The van der Waals surface area contributed by atoms with Gasteiger partial charge in [-0.15, -0.1) is 0 Å². The van der Waals surface area contributed by atoms with E-state index < -0.39 is 16.1 Å². The van der Waals surface area contributed by atoms with Gasteiger partial charge in [-0.25, -0.2) is 4.98 Å². The summed E-state index contributed by atoms with van der Waals surface area (Å²) in [5.41, 5.74) is 1.48. The minimum absolute atomic E-state index is 0.644. The highest BCUT2D eigenvalue weighted by Gasteiger charge is 2.43. The van der Waals surface area contributed by atoms with Crippen molar-refractivity contribution in [3.63, 3.8) is 0 Å². The highest BCUT2D eigenvalue weighted by atomic mass is 28.3. The van der Waals surface area contributed by atoms with Gasteiger partial charge in [-0.3, -0.25) is 0 Å². The Labute approximate surface area is 279 Å². The van der Waals surface area contributed by atoms with Crippen molar-refractivity contribution in [3.05, 3.63) is 187 Å². The van der Waals surface area contributed by atoms with E-state index in [-0.39, 0.29) is 0 Å². The Bertz CT molecular complexity index is 2140. The number of furan rings is 1. The summed E-state index contributed by atoms with van der Waals surface area (Å²) in [5, 5.41) is 12.2. The zero-order chi connectivity index (χ0) is 32.4. The molecule has 0 saturated carbocycles. The van der Waals surface area contributed by atoms with Crippen LogP contribution in [0.25, 0.3) is 22.1 Å². The second kappa shape index (κ2) is 12.5. The summed E-state index contributed by atoms with van der Waals surface area (Å²) in [4.78, 5) is 4.99. The van der Waals surface area contributed by atoms with Crippen molar-refractivity contribution in [3.8, 4) is 0 Å². The molecule has 0 radical (unpaired) electrons. The molecule has 0 N–H and O–H groups in total. The van der Waals surface area contributed by atoms with Crippen LogP contribution in [0.3, 0.4) is 0 Å². The molecule has 4 heteroatoms. The fraction of sp³-hybridized carbons (Fsp3) is 0.0465. The molecule has 0 spiro atoms. The smallest absolute Gasteiger partial charge is 0.227 e. The summed E-state index contributed by atoms with van der Waals surface area (Å²) in [6.45, 7) is 13.1. The molecular weight excluding hydrogens is 603 g/mol. The van der Waals surface area contributed by atoms with Gasteiger partial charge in [-0.2, -0.15) is 0 Å². The summed E-state index contributed by atoms with van der Waals surface area (Å²) in [7, 11) is -5.41. The van der Waals surface area contributed by atoms with Crippen LogP contribution in [0.4, 0.5) is 0 Å². The van der Waals surface area contributed by atoms with Crippen LogP contribution in [0, 0.1) is 0 Å². The van der Waals surface area contributed by atoms with Gasteiger partial charge in [0, 0.05) is 17.0 Å². The maximum Gasteiger partial charge on any atom is 0.227 e. The number of fused-ring (bicyclic) bond motifs is 3. The van der Waals surface area contributed by atoms with E-state index in [2.05, 4.69) is 179 Å². The first-order chi connectivity index (χ1) is 23.0. The van der Waals surface area contributed by atoms with Crippen molar-refractivity contribution < 1.29 is 4.42 Å². The third-order valence-electron chi connectivity index (χ3n) is 9.77. The molecule has 47 heavy (non-hydrogen) atoms. The average molecular weight is 640 g/mol. The predicted octanol–water partition coefficient (Wildman–Crippen LogP) is 6.71. The predicted molar refractivity (Wildman–Crippen MR) is 205 cm³/mol. The first-order valence-corrected chi connectivity index (χ1v) is 20.1. The van der Waals surface area contributed by atoms with Crippen LogP contribution in [0.15, 0.2) is 192 Å². The summed E-state index contributed by atoms with van der Waals surface area (Å²) in [6, 6.07) is 52.9. The Morgan fingerprint density at radius 1 is 0.617 bits per heavy atom. The Kier molecular flexibility index (Phi) is 8.06. The molecule has 0 aliphatic heterocycles. The molecule has 1 atom stereocenters. The van der Waals surface area contributed by atoms with Crippen LogP contribution in [0.2, 0.25) is 0 Å². The molecule has 0 aliphatic carbocycles. The number of nitrogens with zero attached hydrogens (tertiary/aromatic N) is 1. The lowest BCUT2D eigenvalue weighted by Gasteiger charge is -2.35. The van der Waals surface area contributed by atoms with E-state index in [9.17, 15) is 0 Å². The maximum absolute atomic E-state index is 6.45. The molecule has 0 amide bonds. The van der Waals surface area contributed by atoms with Crippen LogP contribution in [0.5, 0.6) is 0 Å². The molecule has 0 bridgehead atoms. The van der Waals surface area contributed by atoms with Gasteiger partial charge in [0.05, 0.1) is 0 Å². The Morgan fingerprint density at radius 3 is 1.60 bits per heavy atom. The summed E-state index contributed by atoms with van der Waals surface area (Å²) in [6.07, 6.45) is 6.16. The lowest BCUT2D eigenvalue weighted by atomic mass is 10.2. The normalized spacial score (nSPS) is 13.4. The summed E-state index contributed by atoms with van der Waals surface area (Å²) >= 11 is 0. The van der Waals surface area contributed by atoms with E-state index in [1.807, 2.05) is 12.3 Å². The maximum atomic E-state index is 6.45. The first kappa shape index (κ1) is 30.4. The van der Waals surface area contributed by atoms with Gasteiger partial charge in [0.15, 0.2) is 16.1 Å². The number of hydrogen-bond acceptors (Lipinski definition) is 2. The molecule has 5 aromatic carbocycles. The zero-order valence-electron chi connectivity index (χ0n) is 26.9. The Hall–Kier alpha value is -5.30. The van der Waals surface area contributed by atoms with E-state index in [4.69, 9.17) is 9.40 Å². The third-order valence-corrected chi connectivity index (χ3v) is 19.5. The number of pyridine rings is 1. The molecule has 2 heterocycles. The standard InChI is InChI=1S/C43H37NOSi2/c1-5-32(3)46(33(4)6-2,34-19-11-7-12-20-34)39-30-41-40-29-38(27-28-42(40)45-43(41)44-31-39)47(35-21-13-8-14-22-35,36-23-15-9-16-24-36)37-25-17-10-18-26-37/h5-31H,1,3H2,2,4H3. The number of aromatic nitrogens is 1. The molecular formula is C43H37NOSi2. The monoisotopic (exact) mass is 639 g/mol. The second-order valence-corrected chi connectivity index (χ2v) is 19.9. The van der Waals surface area contributed by atoms with Crippen LogP contribution in [-0.4, -0.2) is 21.1 Å². The fourth-order valence-corrected chi connectivity index (χ4v) is 16.8. The largest absolute Gasteiger partial charge is 0.438 e. The van der Waals surface area contributed by atoms with Crippen molar-refractivity contribution in [2.45, 2.75) is 13.8 Å². The second-order valence-electron chi connectivity index (χ2n) is 12.1. The van der Waals surface area contributed by atoms with Crippen molar-refractivity contribution >= 4 is 69.3 Å². The van der Waals surface area contributed by atoms with Crippen molar-refractivity contribution in [1.29, 1.82) is 0 Å². The third kappa shape index (κ3) is 4.80. The van der Waals surface area contributed by atoms with Crippen molar-refractivity contribution in [2.24, 2.45) is 0 Å². The number of hydrogen-bond donors (Lipinski definition) is 0. The van der Waals surface area contributed by atoms with E-state index in [1.165, 1.54) is 36.3 Å². The Balaban J connectivity index is 1.55. The quantitative estimate of drug-likeness (QED) is 0.0998. The highest BCUT2D eigenvalue weighted by Crippen LogP contribution is 2.30. The highest BCUT2D eigenvalue weighted by molar-refractivity contribution is 7.20. The van der Waals surface area contributed by atoms with Gasteiger partial charge >= 0.3 is 0 Å². The van der Waals surface area contributed by atoms with Gasteiger partial charge in [-0.1, -0.05) is 169 Å². The summed E-state index contributed by atoms with van der Waals surface area (Å²) in [5.74, 6) is 0. The lowest BCUT2D eigenvalue weighted by molar-refractivity contribution is 0.654. The van der Waals surface area contributed by atoms with E-state index in [1.54, 1.807) is 0 Å². The first-order valence-electron chi connectivity index (χ1n) is 16.1. The fourth-order valence-electron chi connectivity index (χ4n) is 7.47. The van der Waals surface area contributed by atoms with Gasteiger partial charge in [0.25, 0.3) is 0 Å². The van der Waals surface area contributed by atoms with Crippen LogP contribution in [0.1, 0.15) is 13.8 Å². The molecule has 2 nitrogen and oxygen atoms in total. The molecule has 1 unspecified atom stereocenters. The molecule has 0 saturated heterocycles. The number of rotatable bonds is 9. The van der Waals surface area contributed by atoms with Crippen LogP contribution in [-0.2, 0) is 0 Å². The number of benzene rings is 5. The molecule has 7 aromatic rings. The molecule has 0 aliphatic rings. The van der Waals surface area contributed by atoms with Crippen LogP contribution >= 0.6 is 0 Å². The molecule has 0 fully saturated rings. The van der Waals surface area contributed by atoms with E-state index in [0.29, 0.717) is 5.71 Å². The SMILES string of the molecule is C=CC(=C)[Si](C(C)=CC)(c1ccccc1)c1cnc2oc3ccc([Si](c4ccccc4)(c4ccccc4)c4ccccc4)cc3c2c1. The van der Waals surface area contributed by atoms with Gasteiger partial charge in [0.1, 0.15) is 5.58 Å². The van der Waals surface area contributed by atoms with E-state index in [0.717, 1.165) is 21.6 Å². The van der Waals surface area contributed by atoms with Crippen LogP contribution < -0.4 is 31.1 Å². The minimum Gasteiger partial charge on any atom is -0.438 e. The number of allylic oxidation sites excluding steroid dienone is 4. The van der Waals surface area contributed by atoms with Gasteiger partial charge in [-0.05, 0) is 57.1 Å². The average Bonchev–Trinajstić information content (AvgIpc) is 3.51. The van der Waals surface area contributed by atoms with Gasteiger partial charge in [0.2, 0.25) is 5.71 Å². The Morgan fingerprint density at radius 2 is 1.11 bits per heavy atom. The molecule has 7 rings (SSSR count). The molecule has 228 valence electrons. The minimum atomic E-state index is -2.72. The lowest BCUT2D eigenvalue weighted by Crippen LogP contribution is -2.74.